The van der Waals surface area contributed by atoms with Crippen LogP contribution >= 0.6 is 0 Å². The molecule has 8 nitrogen and oxygen atoms in total. The van der Waals surface area contributed by atoms with E-state index in [2.05, 4.69) is 4.98 Å². The number of aliphatic carboxylic acids is 1. The van der Waals surface area contributed by atoms with Gasteiger partial charge in [-0.2, -0.15) is 0 Å². The summed E-state index contributed by atoms with van der Waals surface area (Å²) in [6.45, 7) is 6.49. The van der Waals surface area contributed by atoms with Crippen molar-refractivity contribution in [1.82, 2.24) is 14.5 Å². The van der Waals surface area contributed by atoms with E-state index in [9.17, 15) is 9.59 Å². The number of fused-ring (bicyclic) bond motifs is 2. The molecule has 132 valence electrons. The molecule has 1 saturated heterocycles. The van der Waals surface area contributed by atoms with Crippen molar-refractivity contribution >= 4 is 12.1 Å². The van der Waals surface area contributed by atoms with Gasteiger partial charge in [-0.25, -0.2) is 9.78 Å². The molecule has 0 saturated carbocycles. The van der Waals surface area contributed by atoms with Crippen LogP contribution in [-0.2, 0) is 19.9 Å². The Morgan fingerprint density at radius 2 is 2.08 bits per heavy atom. The Labute approximate surface area is 140 Å². The zero-order valence-corrected chi connectivity index (χ0v) is 14.2. The van der Waals surface area contributed by atoms with Gasteiger partial charge < -0.3 is 24.0 Å². The number of carboxylic acids is 1. The van der Waals surface area contributed by atoms with Gasteiger partial charge in [0.2, 0.25) is 0 Å². The number of hydrogen-bond donors (Lipinski definition) is 1. The van der Waals surface area contributed by atoms with Gasteiger partial charge in [0.1, 0.15) is 23.3 Å². The third-order valence-electron chi connectivity index (χ3n) is 4.32. The number of hydrogen-bond acceptors (Lipinski definition) is 5. The van der Waals surface area contributed by atoms with Crippen molar-refractivity contribution in [3.8, 4) is 0 Å². The molecule has 1 fully saturated rings. The number of piperidine rings is 1. The molecule has 3 rings (SSSR count). The standard InChI is InChI=1S/C16H23N3O5/c1-15(2,3)24-14(22)18-7-4-16(5-8-18)13-17-6-9-19(13)11(23-16)10-12(20)21/h6,9,11H,4-5,7-8,10H2,1-3H3,(H,20,21). The van der Waals surface area contributed by atoms with Gasteiger partial charge in [0.15, 0.2) is 0 Å². The van der Waals surface area contributed by atoms with Crippen LogP contribution in [0, 0.1) is 0 Å². The van der Waals surface area contributed by atoms with E-state index in [1.807, 2.05) is 20.8 Å². The summed E-state index contributed by atoms with van der Waals surface area (Å²) in [6, 6.07) is 0. The normalized spacial score (nSPS) is 22.5. The smallest absolute Gasteiger partial charge is 0.410 e. The monoisotopic (exact) mass is 337 g/mol. The average molecular weight is 337 g/mol. The fraction of sp³-hybridized carbons (Fsp3) is 0.688. The van der Waals surface area contributed by atoms with Crippen LogP contribution in [0.3, 0.4) is 0 Å². The maximum atomic E-state index is 12.2. The lowest BCUT2D eigenvalue weighted by Crippen LogP contribution is -2.47. The minimum Gasteiger partial charge on any atom is -0.481 e. The Bertz CT molecular complexity index is 640. The first-order valence-corrected chi connectivity index (χ1v) is 8.11. The number of nitrogens with zero attached hydrogens (tertiary/aromatic N) is 3. The van der Waals surface area contributed by atoms with E-state index in [4.69, 9.17) is 14.6 Å². The molecule has 1 N–H and O–H groups in total. The number of carboxylic acid groups (broad SMARTS) is 1. The number of aromatic nitrogens is 2. The minimum atomic E-state index is -0.914. The van der Waals surface area contributed by atoms with Crippen LogP contribution in [-0.4, -0.2) is 50.3 Å². The summed E-state index contributed by atoms with van der Waals surface area (Å²) in [5, 5.41) is 9.06. The first kappa shape index (κ1) is 16.8. The van der Waals surface area contributed by atoms with Crippen molar-refractivity contribution in [1.29, 1.82) is 0 Å². The number of likely N-dealkylation sites (tertiary alicyclic amines) is 1. The molecular formula is C16H23N3O5. The number of rotatable bonds is 2. The van der Waals surface area contributed by atoms with E-state index in [1.54, 1.807) is 21.9 Å². The Balaban J connectivity index is 1.70. The van der Waals surface area contributed by atoms with Gasteiger partial charge in [0.05, 0.1) is 6.42 Å². The van der Waals surface area contributed by atoms with E-state index >= 15 is 0 Å². The maximum Gasteiger partial charge on any atom is 0.410 e. The molecule has 1 atom stereocenters. The van der Waals surface area contributed by atoms with Crippen molar-refractivity contribution in [2.45, 2.75) is 57.5 Å². The molecule has 1 amide bonds. The fourth-order valence-electron chi connectivity index (χ4n) is 3.28. The quantitative estimate of drug-likeness (QED) is 0.888. The van der Waals surface area contributed by atoms with E-state index in [-0.39, 0.29) is 12.5 Å². The van der Waals surface area contributed by atoms with Crippen LogP contribution in [0.5, 0.6) is 0 Å². The maximum absolute atomic E-state index is 12.2. The minimum absolute atomic E-state index is 0.110. The van der Waals surface area contributed by atoms with E-state index in [1.165, 1.54) is 0 Å². The first-order chi connectivity index (χ1) is 11.2. The molecule has 2 aliphatic rings. The summed E-state index contributed by atoms with van der Waals surface area (Å²) < 4.78 is 13.3. The number of ether oxygens (including phenoxy) is 2. The fourth-order valence-corrected chi connectivity index (χ4v) is 3.28. The van der Waals surface area contributed by atoms with Crippen molar-refractivity contribution in [3.63, 3.8) is 0 Å². The van der Waals surface area contributed by atoms with E-state index in [0.29, 0.717) is 25.9 Å². The van der Waals surface area contributed by atoms with Gasteiger partial charge in [-0.3, -0.25) is 4.79 Å². The zero-order chi connectivity index (χ0) is 17.5. The average Bonchev–Trinajstić information content (AvgIpc) is 3.02. The molecule has 24 heavy (non-hydrogen) atoms. The van der Waals surface area contributed by atoms with Crippen LogP contribution < -0.4 is 0 Å². The van der Waals surface area contributed by atoms with Crippen LogP contribution in [0.4, 0.5) is 4.79 Å². The van der Waals surface area contributed by atoms with Crippen LogP contribution in [0.15, 0.2) is 12.4 Å². The summed E-state index contributed by atoms with van der Waals surface area (Å²) >= 11 is 0. The molecule has 3 heterocycles. The van der Waals surface area contributed by atoms with Gasteiger partial charge in [0.25, 0.3) is 0 Å². The van der Waals surface area contributed by atoms with Crippen molar-refractivity contribution in [2.24, 2.45) is 0 Å². The number of imidazole rings is 1. The molecule has 1 spiro atoms. The second kappa shape index (κ2) is 5.77. The Morgan fingerprint density at radius 3 is 2.67 bits per heavy atom. The number of carbonyl (C=O) groups is 2. The van der Waals surface area contributed by atoms with Gasteiger partial charge in [-0.1, -0.05) is 0 Å². The molecule has 2 aliphatic heterocycles. The first-order valence-electron chi connectivity index (χ1n) is 8.11. The molecule has 1 aromatic rings. The van der Waals surface area contributed by atoms with Gasteiger partial charge >= 0.3 is 12.1 Å². The summed E-state index contributed by atoms with van der Waals surface area (Å²) in [5.74, 6) is -0.166. The molecule has 0 bridgehead atoms. The SMILES string of the molecule is CC(C)(C)OC(=O)N1CCC2(CC1)OC(CC(=O)O)n1ccnc12. The van der Waals surface area contributed by atoms with Gasteiger partial charge in [0, 0.05) is 38.3 Å². The lowest BCUT2D eigenvalue weighted by molar-refractivity contribution is -0.152. The summed E-state index contributed by atoms with van der Waals surface area (Å²) in [5.41, 5.74) is -1.15. The van der Waals surface area contributed by atoms with Crippen LogP contribution in [0.1, 0.15) is 52.1 Å². The van der Waals surface area contributed by atoms with Gasteiger partial charge in [-0.05, 0) is 20.8 Å². The zero-order valence-electron chi connectivity index (χ0n) is 14.2. The Morgan fingerprint density at radius 1 is 1.42 bits per heavy atom. The topological polar surface area (TPSA) is 93.9 Å². The molecule has 8 heteroatoms. The Hall–Kier alpha value is -2.09. The Kier molecular flexibility index (Phi) is 4.03. The molecular weight excluding hydrogens is 314 g/mol. The predicted octanol–water partition coefficient (Wildman–Crippen LogP) is 2.11. The summed E-state index contributed by atoms with van der Waals surface area (Å²) in [4.78, 5) is 29.3. The molecule has 0 aliphatic carbocycles. The van der Waals surface area contributed by atoms with Crippen molar-refractivity contribution in [3.05, 3.63) is 18.2 Å². The molecule has 0 aromatic carbocycles. The highest BCUT2D eigenvalue weighted by atomic mass is 16.6. The lowest BCUT2D eigenvalue weighted by Gasteiger charge is -2.38. The van der Waals surface area contributed by atoms with Crippen molar-refractivity contribution < 1.29 is 24.2 Å². The lowest BCUT2D eigenvalue weighted by atomic mass is 9.91. The largest absolute Gasteiger partial charge is 0.481 e. The highest BCUT2D eigenvalue weighted by Crippen LogP contribution is 2.45. The number of carbonyl (C=O) groups excluding carboxylic acids is 1. The van der Waals surface area contributed by atoms with E-state index in [0.717, 1.165) is 5.82 Å². The third-order valence-corrected chi connectivity index (χ3v) is 4.32. The second-order valence-corrected chi connectivity index (χ2v) is 7.29. The number of amides is 1. The van der Waals surface area contributed by atoms with Crippen LogP contribution in [0.25, 0.3) is 0 Å². The highest BCUT2D eigenvalue weighted by Gasteiger charge is 2.49. The van der Waals surface area contributed by atoms with Crippen LogP contribution in [0.2, 0.25) is 0 Å². The molecule has 1 aromatic heterocycles. The summed E-state index contributed by atoms with van der Waals surface area (Å²) in [7, 11) is 0. The second-order valence-electron chi connectivity index (χ2n) is 7.29. The molecule has 1 unspecified atom stereocenters. The molecule has 0 radical (unpaired) electrons. The van der Waals surface area contributed by atoms with E-state index < -0.39 is 23.4 Å². The summed E-state index contributed by atoms with van der Waals surface area (Å²) in [6.07, 6.45) is 3.56. The third kappa shape index (κ3) is 3.10. The predicted molar refractivity (Wildman–Crippen MR) is 83.3 cm³/mol. The van der Waals surface area contributed by atoms with Crippen molar-refractivity contribution in [2.75, 3.05) is 13.1 Å². The highest BCUT2D eigenvalue weighted by molar-refractivity contribution is 5.68. The van der Waals surface area contributed by atoms with Gasteiger partial charge in [-0.15, -0.1) is 0 Å².